The Morgan fingerprint density at radius 1 is 1.09 bits per heavy atom. The number of fused-ring (bicyclic) bond motifs is 2. The van der Waals surface area contributed by atoms with Crippen molar-refractivity contribution in [3.05, 3.63) is 51.3 Å². The van der Waals surface area contributed by atoms with Crippen molar-refractivity contribution in [1.29, 1.82) is 0 Å². The molecule has 2 saturated carbocycles. The lowest BCUT2D eigenvalue weighted by molar-refractivity contribution is -0.167. The molecular formula is C23H23F3N6O2. The van der Waals surface area contributed by atoms with Crippen LogP contribution in [0.4, 0.5) is 19.1 Å². The fourth-order valence-corrected chi connectivity index (χ4v) is 5.25. The van der Waals surface area contributed by atoms with Gasteiger partial charge in [-0.25, -0.2) is 15.0 Å². The summed E-state index contributed by atoms with van der Waals surface area (Å²) >= 11 is 0. The van der Waals surface area contributed by atoms with Gasteiger partial charge in [0.2, 0.25) is 11.5 Å². The molecule has 0 spiro atoms. The smallest absolute Gasteiger partial charge is 0.367 e. The number of alkyl halides is 3. The Bertz CT molecular complexity index is 1360. The fourth-order valence-electron chi connectivity index (χ4n) is 5.25. The number of nitrogens with one attached hydrogen (secondary N) is 1. The van der Waals surface area contributed by atoms with Gasteiger partial charge in [0.1, 0.15) is 11.6 Å². The number of pyridine rings is 1. The lowest BCUT2D eigenvalue weighted by Gasteiger charge is -2.37. The molecule has 1 saturated heterocycles. The minimum Gasteiger partial charge on any atom is -0.367 e. The third-order valence-corrected chi connectivity index (χ3v) is 7.52. The van der Waals surface area contributed by atoms with Crippen molar-refractivity contribution in [2.75, 3.05) is 18.0 Å². The predicted molar refractivity (Wildman–Crippen MR) is 117 cm³/mol. The van der Waals surface area contributed by atoms with Crippen molar-refractivity contribution >= 4 is 17.1 Å². The molecule has 3 aliphatic rings. The molecule has 1 aliphatic heterocycles. The third-order valence-electron chi connectivity index (χ3n) is 7.52. The van der Waals surface area contributed by atoms with E-state index in [1.165, 1.54) is 6.07 Å². The number of rotatable bonds is 3. The fraction of sp³-hybridized carbons (Fsp3) is 0.522. The number of halogens is 3. The van der Waals surface area contributed by atoms with Gasteiger partial charge in [-0.05, 0) is 45.2 Å². The molecule has 0 aromatic carbocycles. The second kappa shape index (κ2) is 6.74. The normalized spacial score (nSPS) is 30.4. The van der Waals surface area contributed by atoms with E-state index in [4.69, 9.17) is 9.72 Å². The van der Waals surface area contributed by atoms with E-state index >= 15 is 0 Å². The van der Waals surface area contributed by atoms with E-state index in [9.17, 15) is 18.0 Å². The summed E-state index contributed by atoms with van der Waals surface area (Å²) in [6.45, 7) is 6.36. The van der Waals surface area contributed by atoms with Crippen molar-refractivity contribution in [3.63, 3.8) is 0 Å². The summed E-state index contributed by atoms with van der Waals surface area (Å²) in [7, 11) is 0. The first kappa shape index (κ1) is 21.5. The molecular weight excluding hydrogens is 449 g/mol. The van der Waals surface area contributed by atoms with Crippen LogP contribution in [-0.4, -0.2) is 50.3 Å². The van der Waals surface area contributed by atoms with Crippen LogP contribution < -0.4 is 10.5 Å². The molecule has 6 rings (SSSR count). The Hall–Kier alpha value is -3.08. The minimum atomic E-state index is -4.28. The average molecular weight is 472 g/mol. The molecule has 3 aromatic heterocycles. The Morgan fingerprint density at radius 2 is 1.82 bits per heavy atom. The van der Waals surface area contributed by atoms with E-state index in [0.29, 0.717) is 47.3 Å². The van der Waals surface area contributed by atoms with Gasteiger partial charge in [-0.15, -0.1) is 0 Å². The molecule has 11 heteroatoms. The van der Waals surface area contributed by atoms with Crippen LogP contribution in [-0.2, 0) is 10.2 Å². The molecule has 3 fully saturated rings. The molecule has 34 heavy (non-hydrogen) atoms. The summed E-state index contributed by atoms with van der Waals surface area (Å²) in [5, 5.41) is 0. The number of aromatic amines is 1. The molecule has 0 bridgehead atoms. The monoisotopic (exact) mass is 472 g/mol. The predicted octanol–water partition coefficient (Wildman–Crippen LogP) is 3.29. The van der Waals surface area contributed by atoms with Crippen LogP contribution in [0.25, 0.3) is 11.2 Å². The largest absolute Gasteiger partial charge is 0.395 e. The first-order valence-electron chi connectivity index (χ1n) is 11.2. The molecule has 2 aliphatic carbocycles. The molecule has 0 radical (unpaired) electrons. The van der Waals surface area contributed by atoms with Gasteiger partial charge in [-0.2, -0.15) is 18.2 Å². The Morgan fingerprint density at radius 3 is 2.47 bits per heavy atom. The quantitative estimate of drug-likeness (QED) is 0.625. The van der Waals surface area contributed by atoms with Gasteiger partial charge in [0.25, 0.3) is 0 Å². The van der Waals surface area contributed by atoms with E-state index in [-0.39, 0.29) is 30.6 Å². The van der Waals surface area contributed by atoms with E-state index < -0.39 is 17.0 Å². The van der Waals surface area contributed by atoms with Gasteiger partial charge in [-0.1, -0.05) is 0 Å². The lowest BCUT2D eigenvalue weighted by Crippen LogP contribution is -2.44. The van der Waals surface area contributed by atoms with Crippen LogP contribution in [0.3, 0.4) is 0 Å². The zero-order valence-corrected chi connectivity index (χ0v) is 18.9. The highest BCUT2D eigenvalue weighted by Crippen LogP contribution is 2.90. The Kier molecular flexibility index (Phi) is 4.25. The van der Waals surface area contributed by atoms with Gasteiger partial charge in [0.05, 0.1) is 35.1 Å². The molecule has 178 valence electrons. The number of nitrogens with zero attached hydrogens (tertiary/aromatic N) is 5. The molecule has 0 amide bonds. The Labute approximate surface area is 192 Å². The highest BCUT2D eigenvalue weighted by atomic mass is 19.4. The standard InChI is InChI=1S/C23H23F3N6O2/c1-11-7-32(8-15(34-11)14-4-5-16(33)27-6-14)20-30-18(21-9-22(21,10-21)23(24,25)26)17-19(31-20)29-13(3)12(2)28-17/h4-6,11,15H,7-10H2,1-3H3,(H,27,33)/t11-,15-,21?,22?/m1/s1. The highest BCUT2D eigenvalue weighted by molar-refractivity contribution is 5.79. The zero-order chi connectivity index (χ0) is 24.0. The van der Waals surface area contributed by atoms with Gasteiger partial charge in [0, 0.05) is 24.2 Å². The highest BCUT2D eigenvalue weighted by Gasteiger charge is 2.94. The number of morpholine rings is 1. The number of aryl methyl sites for hydroxylation is 2. The van der Waals surface area contributed by atoms with Crippen molar-refractivity contribution in [3.8, 4) is 0 Å². The first-order chi connectivity index (χ1) is 16.0. The maximum atomic E-state index is 13.8. The number of H-pyrrole nitrogens is 1. The third kappa shape index (κ3) is 2.98. The van der Waals surface area contributed by atoms with E-state index in [1.54, 1.807) is 26.1 Å². The van der Waals surface area contributed by atoms with E-state index in [2.05, 4.69) is 19.9 Å². The maximum absolute atomic E-state index is 13.8. The van der Waals surface area contributed by atoms with Gasteiger partial charge >= 0.3 is 6.18 Å². The van der Waals surface area contributed by atoms with Gasteiger partial charge < -0.3 is 14.6 Å². The summed E-state index contributed by atoms with van der Waals surface area (Å²) in [6, 6.07) is 3.14. The SMILES string of the molecule is Cc1nc2nc(N3C[C@@H](C)O[C@@H](c4ccc(=O)[nH]c4)C3)nc(C34CC3(C(F)(F)F)C4)c2nc1C. The number of hydrogen-bond acceptors (Lipinski definition) is 7. The van der Waals surface area contributed by atoms with Crippen molar-refractivity contribution < 1.29 is 17.9 Å². The summed E-state index contributed by atoms with van der Waals surface area (Å²) in [6.07, 6.45) is -3.15. The van der Waals surface area contributed by atoms with Crippen molar-refractivity contribution in [2.24, 2.45) is 5.41 Å². The number of aromatic nitrogens is 5. The molecule has 3 aromatic rings. The summed E-state index contributed by atoms with van der Waals surface area (Å²) in [5.74, 6) is 0.328. The first-order valence-corrected chi connectivity index (χ1v) is 11.2. The maximum Gasteiger partial charge on any atom is 0.395 e. The topological polar surface area (TPSA) is 96.9 Å². The van der Waals surface area contributed by atoms with E-state index in [1.807, 2.05) is 11.8 Å². The van der Waals surface area contributed by atoms with Gasteiger partial charge in [-0.3, -0.25) is 4.79 Å². The Balaban J connectivity index is 1.43. The van der Waals surface area contributed by atoms with Crippen molar-refractivity contribution in [2.45, 2.75) is 57.4 Å². The molecule has 1 N–H and O–H groups in total. The van der Waals surface area contributed by atoms with Crippen LogP contribution in [0.1, 0.15) is 48.5 Å². The van der Waals surface area contributed by atoms with Crippen LogP contribution >= 0.6 is 0 Å². The molecule has 0 unspecified atom stereocenters. The zero-order valence-electron chi connectivity index (χ0n) is 18.9. The number of anilines is 1. The molecule has 4 heterocycles. The van der Waals surface area contributed by atoms with E-state index in [0.717, 1.165) is 5.56 Å². The molecule has 2 atom stereocenters. The minimum absolute atomic E-state index is 0.0309. The average Bonchev–Trinajstić information content (AvgIpc) is 3.62. The van der Waals surface area contributed by atoms with Gasteiger partial charge in [0.15, 0.2) is 5.65 Å². The molecule has 8 nitrogen and oxygen atoms in total. The summed E-state index contributed by atoms with van der Waals surface area (Å²) in [5.41, 5.74) is 0.194. The van der Waals surface area contributed by atoms with Crippen LogP contribution in [0.15, 0.2) is 23.1 Å². The second-order valence-electron chi connectivity index (χ2n) is 9.78. The number of hydrogen-bond donors (Lipinski definition) is 1. The van der Waals surface area contributed by atoms with Crippen LogP contribution in [0.5, 0.6) is 0 Å². The summed E-state index contributed by atoms with van der Waals surface area (Å²) < 4.78 is 47.4. The summed E-state index contributed by atoms with van der Waals surface area (Å²) in [4.78, 5) is 34.5. The number of ether oxygens (including phenoxy) is 1. The second-order valence-corrected chi connectivity index (χ2v) is 9.78. The van der Waals surface area contributed by atoms with Crippen molar-refractivity contribution in [1.82, 2.24) is 24.9 Å². The lowest BCUT2D eigenvalue weighted by atomic mass is 10.1. The van der Waals surface area contributed by atoms with Crippen LogP contribution in [0.2, 0.25) is 0 Å². The van der Waals surface area contributed by atoms with Crippen LogP contribution in [0, 0.1) is 19.3 Å².